The molecule has 2 aromatic rings. The van der Waals surface area contributed by atoms with Crippen LogP contribution in [-0.2, 0) is 23.9 Å². The Morgan fingerprint density at radius 2 is 1.95 bits per heavy atom. The van der Waals surface area contributed by atoms with Crippen molar-refractivity contribution in [2.75, 3.05) is 5.73 Å². The first-order valence-corrected chi connectivity index (χ1v) is 5.96. The van der Waals surface area contributed by atoms with Crippen LogP contribution in [0, 0.1) is 0 Å². The number of halogens is 3. The summed E-state index contributed by atoms with van der Waals surface area (Å²) in [4.78, 5) is 10.6. The number of carbonyl (C=O) groups is 1. The monoisotopic (exact) mass is 299 g/mol. The number of benzene rings is 1. The van der Waals surface area contributed by atoms with E-state index < -0.39 is 17.7 Å². The second-order valence-electron chi connectivity index (χ2n) is 4.44. The van der Waals surface area contributed by atoms with Gasteiger partial charge in [-0.3, -0.25) is 4.79 Å². The average molecular weight is 299 g/mol. The van der Waals surface area contributed by atoms with Gasteiger partial charge in [-0.1, -0.05) is 18.2 Å². The van der Waals surface area contributed by atoms with Crippen LogP contribution in [0.5, 0.6) is 0 Å². The summed E-state index contributed by atoms with van der Waals surface area (Å²) in [6.45, 7) is -0.179. The van der Waals surface area contributed by atoms with Gasteiger partial charge in [-0.2, -0.15) is 18.3 Å². The average Bonchev–Trinajstić information content (AvgIpc) is 2.70. The molecule has 112 valence electrons. The minimum absolute atomic E-state index is 0.0154. The Balaban J connectivity index is 2.31. The third kappa shape index (κ3) is 3.33. The molecule has 0 radical (unpaired) electrons. The highest BCUT2D eigenvalue weighted by molar-refractivity contribution is 5.72. The molecule has 0 atom stereocenters. The summed E-state index contributed by atoms with van der Waals surface area (Å²) in [5.41, 5.74) is 5.24. The van der Waals surface area contributed by atoms with Crippen LogP contribution in [0.3, 0.4) is 0 Å². The molecule has 1 aromatic heterocycles. The van der Waals surface area contributed by atoms with Crippen molar-refractivity contribution in [3.8, 4) is 0 Å². The van der Waals surface area contributed by atoms with Gasteiger partial charge in [0, 0.05) is 5.56 Å². The largest absolute Gasteiger partial charge is 0.481 e. The molecule has 0 aliphatic rings. The van der Waals surface area contributed by atoms with Crippen LogP contribution in [0.15, 0.2) is 30.5 Å². The summed E-state index contributed by atoms with van der Waals surface area (Å²) in [7, 11) is 0. The molecule has 1 heterocycles. The Morgan fingerprint density at radius 3 is 2.57 bits per heavy atom. The number of alkyl halides is 3. The Labute approximate surface area is 117 Å². The van der Waals surface area contributed by atoms with E-state index in [1.807, 2.05) is 0 Å². The fourth-order valence-corrected chi connectivity index (χ4v) is 1.95. The Morgan fingerprint density at radius 1 is 1.29 bits per heavy atom. The summed E-state index contributed by atoms with van der Waals surface area (Å²) in [5.74, 6) is -1.04. The van der Waals surface area contributed by atoms with E-state index in [1.165, 1.54) is 24.4 Å². The van der Waals surface area contributed by atoms with Crippen LogP contribution in [0.25, 0.3) is 0 Å². The molecule has 0 bridgehead atoms. The first kappa shape index (κ1) is 14.9. The first-order valence-electron chi connectivity index (χ1n) is 5.96. The number of nitrogens with zero attached hydrogens (tertiary/aromatic N) is 2. The van der Waals surface area contributed by atoms with E-state index in [9.17, 15) is 18.0 Å². The van der Waals surface area contributed by atoms with Crippen molar-refractivity contribution in [1.29, 1.82) is 0 Å². The predicted octanol–water partition coefficient (Wildman–Crippen LogP) is 2.16. The van der Waals surface area contributed by atoms with Crippen molar-refractivity contribution in [3.63, 3.8) is 0 Å². The highest BCUT2D eigenvalue weighted by Gasteiger charge is 2.33. The van der Waals surface area contributed by atoms with E-state index in [2.05, 4.69) is 5.10 Å². The van der Waals surface area contributed by atoms with E-state index in [0.717, 1.165) is 10.7 Å². The van der Waals surface area contributed by atoms with Crippen LogP contribution < -0.4 is 5.73 Å². The van der Waals surface area contributed by atoms with Gasteiger partial charge in [-0.05, 0) is 11.6 Å². The number of aromatic nitrogens is 2. The lowest BCUT2D eigenvalue weighted by atomic mass is 10.1. The number of nitrogens with two attached hydrogens (primary N) is 1. The molecular weight excluding hydrogens is 287 g/mol. The number of anilines is 1. The first-order chi connectivity index (χ1) is 9.79. The van der Waals surface area contributed by atoms with Crippen molar-refractivity contribution in [2.24, 2.45) is 0 Å². The van der Waals surface area contributed by atoms with Crippen molar-refractivity contribution in [1.82, 2.24) is 9.78 Å². The fourth-order valence-electron chi connectivity index (χ4n) is 1.95. The number of aliphatic carboxylic acids is 1. The van der Waals surface area contributed by atoms with E-state index >= 15 is 0 Å². The zero-order valence-electron chi connectivity index (χ0n) is 10.8. The molecule has 0 spiro atoms. The number of nitrogen functional groups attached to an aromatic ring is 1. The molecule has 0 unspecified atom stereocenters. The van der Waals surface area contributed by atoms with Crippen molar-refractivity contribution in [2.45, 2.75) is 19.1 Å². The maximum Gasteiger partial charge on any atom is 0.416 e. The van der Waals surface area contributed by atoms with Gasteiger partial charge in [0.1, 0.15) is 5.82 Å². The summed E-state index contributed by atoms with van der Waals surface area (Å²) in [5, 5.41) is 12.5. The minimum atomic E-state index is -4.47. The van der Waals surface area contributed by atoms with Crippen LogP contribution in [0.1, 0.15) is 16.7 Å². The Bertz CT molecular complexity index is 665. The lowest BCUT2D eigenvalue weighted by Gasteiger charge is -2.13. The second-order valence-corrected chi connectivity index (χ2v) is 4.44. The lowest BCUT2D eigenvalue weighted by molar-refractivity contribution is -0.138. The summed E-state index contributed by atoms with van der Waals surface area (Å²) >= 11 is 0. The van der Waals surface area contributed by atoms with Gasteiger partial charge in [0.15, 0.2) is 0 Å². The summed E-state index contributed by atoms with van der Waals surface area (Å²) in [6.07, 6.45) is -3.55. The number of hydrogen-bond acceptors (Lipinski definition) is 3. The third-order valence-electron chi connectivity index (χ3n) is 2.94. The van der Waals surface area contributed by atoms with Crippen molar-refractivity contribution >= 4 is 11.8 Å². The lowest BCUT2D eigenvalue weighted by Crippen LogP contribution is -2.14. The maximum atomic E-state index is 12.9. The highest BCUT2D eigenvalue weighted by Crippen LogP contribution is 2.32. The van der Waals surface area contributed by atoms with Crippen LogP contribution >= 0.6 is 0 Å². The van der Waals surface area contributed by atoms with E-state index in [1.54, 1.807) is 0 Å². The van der Waals surface area contributed by atoms with Gasteiger partial charge >= 0.3 is 12.1 Å². The van der Waals surface area contributed by atoms with Crippen molar-refractivity contribution in [3.05, 3.63) is 47.2 Å². The van der Waals surface area contributed by atoms with Crippen molar-refractivity contribution < 1.29 is 23.1 Å². The van der Waals surface area contributed by atoms with E-state index in [0.29, 0.717) is 0 Å². The minimum Gasteiger partial charge on any atom is -0.481 e. The smallest absolute Gasteiger partial charge is 0.416 e. The molecule has 0 saturated heterocycles. The summed E-state index contributed by atoms with van der Waals surface area (Å²) in [6, 6.07) is 5.10. The number of carboxylic acids is 1. The molecule has 0 saturated carbocycles. The molecule has 0 aliphatic heterocycles. The normalized spacial score (nSPS) is 11.6. The zero-order valence-corrected chi connectivity index (χ0v) is 10.8. The third-order valence-corrected chi connectivity index (χ3v) is 2.94. The van der Waals surface area contributed by atoms with Gasteiger partial charge in [0.2, 0.25) is 0 Å². The SMILES string of the molecule is Nc1c(CC(=O)O)cnn1Cc1ccccc1C(F)(F)F. The number of carboxylic acid groups (broad SMARTS) is 1. The number of hydrogen-bond donors (Lipinski definition) is 2. The Hall–Kier alpha value is -2.51. The van der Waals surface area contributed by atoms with Crippen LogP contribution in [0.4, 0.5) is 19.0 Å². The van der Waals surface area contributed by atoms with Crippen LogP contribution in [0.2, 0.25) is 0 Å². The highest BCUT2D eigenvalue weighted by atomic mass is 19.4. The molecule has 8 heteroatoms. The summed E-state index contributed by atoms with van der Waals surface area (Å²) < 4.78 is 39.8. The molecule has 2 rings (SSSR count). The second kappa shape index (κ2) is 5.47. The molecule has 1 aromatic carbocycles. The fraction of sp³-hybridized carbons (Fsp3) is 0.231. The van der Waals surface area contributed by atoms with Crippen LogP contribution in [-0.4, -0.2) is 20.9 Å². The predicted molar refractivity (Wildman–Crippen MR) is 68.5 cm³/mol. The zero-order chi connectivity index (χ0) is 15.6. The molecule has 0 fully saturated rings. The van der Waals surface area contributed by atoms with Gasteiger partial charge < -0.3 is 10.8 Å². The Kier molecular flexibility index (Phi) is 3.88. The molecule has 0 aliphatic carbocycles. The molecule has 3 N–H and O–H groups in total. The molecule has 0 amide bonds. The standard InChI is InChI=1S/C13H12F3N3O2/c14-13(15,16)10-4-2-1-3-8(10)7-19-12(17)9(6-18-19)5-11(20)21/h1-4,6H,5,7,17H2,(H,20,21). The van der Waals surface area contributed by atoms with Gasteiger partial charge in [-0.25, -0.2) is 4.68 Å². The quantitative estimate of drug-likeness (QED) is 0.906. The maximum absolute atomic E-state index is 12.9. The van der Waals surface area contributed by atoms with E-state index in [-0.39, 0.29) is 29.9 Å². The van der Waals surface area contributed by atoms with Gasteiger partial charge in [0.25, 0.3) is 0 Å². The number of rotatable bonds is 4. The topological polar surface area (TPSA) is 81.1 Å². The molecule has 21 heavy (non-hydrogen) atoms. The van der Waals surface area contributed by atoms with Gasteiger partial charge in [-0.15, -0.1) is 0 Å². The van der Waals surface area contributed by atoms with Gasteiger partial charge in [0.05, 0.1) is 24.7 Å². The molecular formula is C13H12F3N3O2. The van der Waals surface area contributed by atoms with E-state index in [4.69, 9.17) is 10.8 Å². The molecule has 5 nitrogen and oxygen atoms in total.